The minimum atomic E-state index is -0.543. The average molecular weight is 410 g/mol. The number of rotatable bonds is 4. The molecule has 0 bridgehead atoms. The van der Waals surface area contributed by atoms with Gasteiger partial charge in [0.1, 0.15) is 11.5 Å². The first-order chi connectivity index (χ1) is 10.0. The summed E-state index contributed by atoms with van der Waals surface area (Å²) in [5.41, 5.74) is 0. The molecule has 0 heterocycles. The normalized spacial score (nSPS) is 9.81. The van der Waals surface area contributed by atoms with Crippen molar-refractivity contribution in [1.82, 2.24) is 0 Å². The van der Waals surface area contributed by atoms with E-state index in [1.165, 1.54) is 10.6 Å². The van der Waals surface area contributed by atoms with Crippen LogP contribution in [-0.2, 0) is 0 Å². The monoisotopic (exact) mass is 411 g/mol. The topological polar surface area (TPSA) is 18.5 Å². The van der Waals surface area contributed by atoms with Crippen LogP contribution in [-0.4, -0.2) is 34.0 Å². The van der Waals surface area contributed by atoms with Gasteiger partial charge in [-0.1, -0.05) is 32.8 Å². The summed E-state index contributed by atoms with van der Waals surface area (Å²) >= 11 is -0.543. The van der Waals surface area contributed by atoms with Gasteiger partial charge < -0.3 is 9.47 Å². The van der Waals surface area contributed by atoms with Crippen LogP contribution in [0.1, 0.15) is 0 Å². The van der Waals surface area contributed by atoms with E-state index < -0.39 is 19.8 Å². The number of methoxy groups -OCH3 is 2. The van der Waals surface area contributed by atoms with Crippen LogP contribution in [0.3, 0.4) is 0 Å². The molecule has 0 fully saturated rings. The van der Waals surface area contributed by atoms with Gasteiger partial charge in [-0.25, -0.2) is 0 Å². The third kappa shape index (κ3) is 7.73. The van der Waals surface area contributed by atoms with Crippen LogP contribution < -0.4 is 20.1 Å². The van der Waals surface area contributed by atoms with Crippen molar-refractivity contribution < 1.29 is 9.47 Å². The zero-order valence-electron chi connectivity index (χ0n) is 13.4. The molecule has 2 aromatic rings. The second-order valence-corrected chi connectivity index (χ2v) is 15.0. The zero-order valence-corrected chi connectivity index (χ0v) is 17.3. The number of hydrogen-bond acceptors (Lipinski definition) is 2. The molecule has 0 aliphatic heterocycles. The zero-order chi connectivity index (χ0) is 15.7. The van der Waals surface area contributed by atoms with Crippen molar-refractivity contribution in [2.45, 2.75) is 14.8 Å². The second kappa shape index (κ2) is 10.1. The van der Waals surface area contributed by atoms with Crippen molar-refractivity contribution in [2.24, 2.45) is 0 Å². The third-order valence-corrected chi connectivity index (χ3v) is 3.71. The van der Waals surface area contributed by atoms with Gasteiger partial charge in [-0.3, -0.25) is 0 Å². The number of benzene rings is 2. The molecule has 0 unspecified atom stereocenters. The summed E-state index contributed by atoms with van der Waals surface area (Å²) in [6.45, 7) is 0. The summed E-state index contributed by atoms with van der Waals surface area (Å²) in [6.07, 6.45) is 0. The van der Waals surface area contributed by atoms with Gasteiger partial charge in [-0.15, -0.1) is 0 Å². The molecule has 0 amide bonds. The van der Waals surface area contributed by atoms with Gasteiger partial charge in [0.2, 0.25) is 0 Å². The van der Waals surface area contributed by atoms with E-state index in [1.54, 1.807) is 14.2 Å². The first-order valence-electron chi connectivity index (χ1n) is 6.87. The molecule has 21 heavy (non-hydrogen) atoms. The molecule has 0 atom stereocenters. The SMILES string of the molecule is COc1ccc(Pc2ccc(OC)cc2)cc1.[CH3][Sn]([CH3])[CH3]. The predicted molar refractivity (Wildman–Crippen MR) is 96.9 cm³/mol. The van der Waals surface area contributed by atoms with E-state index in [2.05, 4.69) is 39.1 Å². The molecule has 0 saturated carbocycles. The summed E-state index contributed by atoms with van der Waals surface area (Å²) in [6, 6.07) is 16.4. The average Bonchev–Trinajstić information content (AvgIpc) is 2.48. The van der Waals surface area contributed by atoms with Crippen molar-refractivity contribution in [3.8, 4) is 11.5 Å². The van der Waals surface area contributed by atoms with Crippen molar-refractivity contribution in [2.75, 3.05) is 14.2 Å². The summed E-state index contributed by atoms with van der Waals surface area (Å²) in [5.74, 6) is 1.79. The molecule has 1 radical (unpaired) electrons. The van der Waals surface area contributed by atoms with E-state index >= 15 is 0 Å². The van der Waals surface area contributed by atoms with Crippen LogP contribution in [0, 0.1) is 0 Å². The number of ether oxygens (including phenoxy) is 2. The maximum atomic E-state index is 5.14. The van der Waals surface area contributed by atoms with Gasteiger partial charge >= 0.3 is 34.6 Å². The Hall–Kier alpha value is -0.731. The summed E-state index contributed by atoms with van der Waals surface area (Å²) in [7, 11) is 4.02. The van der Waals surface area contributed by atoms with Gasteiger partial charge in [0.15, 0.2) is 0 Å². The molecule has 0 saturated heterocycles. The predicted octanol–water partition coefficient (Wildman–Crippen LogP) is 3.70. The van der Waals surface area contributed by atoms with Crippen molar-refractivity contribution in [1.29, 1.82) is 0 Å². The quantitative estimate of drug-likeness (QED) is 0.566. The van der Waals surface area contributed by atoms with Crippen LogP contribution in [0.4, 0.5) is 0 Å². The van der Waals surface area contributed by atoms with Crippen LogP contribution in [0.5, 0.6) is 11.5 Å². The standard InChI is InChI=1S/C14H15O2P.3CH3.Sn/c1-15-11-3-7-13(8-4-11)17-14-9-5-12(16-2)6-10-14;;;;/h3-10,17H,1-2H3;3*1H3;. The van der Waals surface area contributed by atoms with Gasteiger partial charge in [-0.05, 0) is 34.9 Å². The first kappa shape index (κ1) is 18.3. The molecular formula is C17H24O2PSn. The van der Waals surface area contributed by atoms with Gasteiger partial charge in [-0.2, -0.15) is 0 Å². The molecule has 2 rings (SSSR count). The van der Waals surface area contributed by atoms with Crippen LogP contribution in [0.2, 0.25) is 14.8 Å². The van der Waals surface area contributed by atoms with Crippen LogP contribution >= 0.6 is 8.58 Å². The van der Waals surface area contributed by atoms with Crippen LogP contribution in [0.25, 0.3) is 0 Å². The van der Waals surface area contributed by atoms with Gasteiger partial charge in [0.05, 0.1) is 14.2 Å². The van der Waals surface area contributed by atoms with E-state index in [-0.39, 0.29) is 0 Å². The Labute approximate surface area is 137 Å². The second-order valence-electron chi connectivity index (χ2n) is 5.08. The third-order valence-electron chi connectivity index (χ3n) is 2.47. The summed E-state index contributed by atoms with van der Waals surface area (Å²) < 4.78 is 10.3. The Morgan fingerprint density at radius 1 is 0.667 bits per heavy atom. The fraction of sp³-hybridized carbons (Fsp3) is 0.294. The summed E-state index contributed by atoms with van der Waals surface area (Å²) in [5, 5.41) is 2.60. The molecule has 0 aliphatic rings. The van der Waals surface area contributed by atoms with E-state index in [9.17, 15) is 0 Å². The molecular weight excluding hydrogens is 386 g/mol. The summed E-state index contributed by atoms with van der Waals surface area (Å²) in [4.78, 5) is 7.09. The molecule has 2 nitrogen and oxygen atoms in total. The Bertz CT molecular complexity index is 461. The molecule has 4 heteroatoms. The minimum absolute atomic E-state index is 0.543. The Balaban J connectivity index is 0.000000491. The molecule has 0 aliphatic carbocycles. The fourth-order valence-corrected chi connectivity index (χ4v) is 2.52. The Morgan fingerprint density at radius 3 is 1.19 bits per heavy atom. The Kier molecular flexibility index (Phi) is 8.79. The van der Waals surface area contributed by atoms with Crippen molar-refractivity contribution in [3.05, 3.63) is 48.5 Å². The fourth-order valence-electron chi connectivity index (χ4n) is 1.52. The first-order valence-corrected chi connectivity index (χ1v) is 16.4. The number of hydrogen-bond donors (Lipinski definition) is 0. The Morgan fingerprint density at radius 2 is 0.952 bits per heavy atom. The maximum absolute atomic E-state index is 5.14. The molecule has 2 aromatic carbocycles. The van der Waals surface area contributed by atoms with Crippen molar-refractivity contribution >= 4 is 38.9 Å². The van der Waals surface area contributed by atoms with Crippen molar-refractivity contribution in [3.63, 3.8) is 0 Å². The van der Waals surface area contributed by atoms with E-state index in [4.69, 9.17) is 9.47 Å². The van der Waals surface area contributed by atoms with E-state index in [0.717, 1.165) is 11.5 Å². The molecule has 113 valence electrons. The van der Waals surface area contributed by atoms with E-state index in [0.29, 0.717) is 8.58 Å². The van der Waals surface area contributed by atoms with Gasteiger partial charge in [0, 0.05) is 0 Å². The molecule has 0 aromatic heterocycles. The van der Waals surface area contributed by atoms with Crippen LogP contribution in [0.15, 0.2) is 48.5 Å². The molecule has 0 N–H and O–H groups in total. The van der Waals surface area contributed by atoms with Gasteiger partial charge in [0.25, 0.3) is 0 Å². The van der Waals surface area contributed by atoms with E-state index in [1.807, 2.05) is 24.3 Å². The molecule has 0 spiro atoms.